The van der Waals surface area contributed by atoms with E-state index in [0.29, 0.717) is 22.7 Å². The molecule has 1 aliphatic rings. The molecule has 1 N–H and O–H groups in total. The van der Waals surface area contributed by atoms with Gasteiger partial charge in [-0.3, -0.25) is 4.57 Å². The molecule has 0 radical (unpaired) electrons. The molecule has 1 heterocycles. The molecule has 1 aromatic heterocycles. The van der Waals surface area contributed by atoms with Gasteiger partial charge in [0.1, 0.15) is 5.82 Å². The van der Waals surface area contributed by atoms with Crippen molar-refractivity contribution in [2.24, 2.45) is 0 Å². The maximum atomic E-state index is 13.9. The van der Waals surface area contributed by atoms with E-state index in [-0.39, 0.29) is 5.82 Å². The Hall–Kier alpha value is -1.55. The second-order valence-corrected chi connectivity index (χ2v) is 5.03. The van der Waals surface area contributed by atoms with Gasteiger partial charge in [-0.25, -0.2) is 9.37 Å². The summed E-state index contributed by atoms with van der Waals surface area (Å²) in [5, 5.41) is 3.80. The fourth-order valence-electron chi connectivity index (χ4n) is 1.86. The molecule has 3 nitrogen and oxygen atoms in total. The normalized spacial score (nSPS) is 14.8. The van der Waals surface area contributed by atoms with E-state index in [1.54, 1.807) is 16.8 Å². The first-order valence-corrected chi connectivity index (χ1v) is 6.29. The number of imidazole rings is 1. The zero-order valence-electron chi connectivity index (χ0n) is 9.95. The molecule has 0 aliphatic heterocycles. The predicted octanol–water partition coefficient (Wildman–Crippen LogP) is 3.55. The smallest absolute Gasteiger partial charge is 0.208 e. The minimum atomic E-state index is -0.310. The zero-order chi connectivity index (χ0) is 12.7. The lowest BCUT2D eigenvalue weighted by Crippen LogP contribution is -2.08. The molecule has 0 amide bonds. The van der Waals surface area contributed by atoms with Crippen molar-refractivity contribution in [3.63, 3.8) is 0 Å². The number of halogens is 2. The molecule has 0 bridgehead atoms. The Kier molecular flexibility index (Phi) is 2.74. The second-order valence-electron chi connectivity index (χ2n) is 4.59. The Morgan fingerprint density at radius 1 is 1.44 bits per heavy atom. The molecule has 18 heavy (non-hydrogen) atoms. The molecule has 0 spiro atoms. The molecular formula is C13H13ClFN3. The summed E-state index contributed by atoms with van der Waals surface area (Å²) in [6.07, 6.45) is 4.09. The van der Waals surface area contributed by atoms with Gasteiger partial charge in [0.25, 0.3) is 0 Å². The fraction of sp³-hybridized carbons (Fsp3) is 0.308. The van der Waals surface area contributed by atoms with E-state index in [4.69, 9.17) is 11.6 Å². The molecule has 1 saturated carbocycles. The number of nitrogens with one attached hydrogen (secondary N) is 1. The second kappa shape index (κ2) is 4.28. The molecule has 1 aromatic carbocycles. The van der Waals surface area contributed by atoms with Gasteiger partial charge >= 0.3 is 0 Å². The molecule has 0 atom stereocenters. The van der Waals surface area contributed by atoms with Gasteiger partial charge in [0.2, 0.25) is 5.95 Å². The van der Waals surface area contributed by atoms with Gasteiger partial charge < -0.3 is 5.32 Å². The topological polar surface area (TPSA) is 29.9 Å². The van der Waals surface area contributed by atoms with Crippen LogP contribution in [0.4, 0.5) is 10.3 Å². The Bertz CT molecular complexity index is 590. The molecule has 94 valence electrons. The highest BCUT2D eigenvalue weighted by atomic mass is 35.5. The van der Waals surface area contributed by atoms with Gasteiger partial charge in [0.15, 0.2) is 0 Å². The Morgan fingerprint density at radius 3 is 2.94 bits per heavy atom. The van der Waals surface area contributed by atoms with Crippen LogP contribution in [0.15, 0.2) is 24.4 Å². The number of benzene rings is 1. The third kappa shape index (κ3) is 2.20. The van der Waals surface area contributed by atoms with Crippen LogP contribution in [0.1, 0.15) is 18.5 Å². The Morgan fingerprint density at radius 2 is 2.22 bits per heavy atom. The monoisotopic (exact) mass is 265 g/mol. The van der Waals surface area contributed by atoms with Crippen LogP contribution in [-0.4, -0.2) is 15.6 Å². The van der Waals surface area contributed by atoms with Gasteiger partial charge in [-0.05, 0) is 38.0 Å². The Balaban J connectivity index is 2.06. The van der Waals surface area contributed by atoms with Crippen LogP contribution in [0.5, 0.6) is 0 Å². The third-order valence-corrected chi connectivity index (χ3v) is 3.14. The molecule has 0 unspecified atom stereocenters. The van der Waals surface area contributed by atoms with Crippen molar-refractivity contribution in [3.05, 3.63) is 40.9 Å². The van der Waals surface area contributed by atoms with E-state index in [2.05, 4.69) is 10.3 Å². The van der Waals surface area contributed by atoms with Crippen molar-refractivity contribution in [1.82, 2.24) is 9.55 Å². The van der Waals surface area contributed by atoms with Crippen LogP contribution in [0.3, 0.4) is 0 Å². The summed E-state index contributed by atoms with van der Waals surface area (Å²) in [6.45, 7) is 1.89. The maximum Gasteiger partial charge on any atom is 0.208 e. The van der Waals surface area contributed by atoms with Gasteiger partial charge in [-0.1, -0.05) is 11.6 Å². The molecule has 2 aromatic rings. The lowest BCUT2D eigenvalue weighted by Gasteiger charge is -2.10. The van der Waals surface area contributed by atoms with Crippen LogP contribution in [-0.2, 0) is 0 Å². The first kappa shape index (κ1) is 11.5. The van der Waals surface area contributed by atoms with Crippen molar-refractivity contribution >= 4 is 17.5 Å². The van der Waals surface area contributed by atoms with E-state index in [0.717, 1.165) is 18.5 Å². The van der Waals surface area contributed by atoms with Gasteiger partial charge in [-0.15, -0.1) is 0 Å². The summed E-state index contributed by atoms with van der Waals surface area (Å²) in [5.74, 6) is 0.367. The van der Waals surface area contributed by atoms with Crippen LogP contribution in [0.25, 0.3) is 5.69 Å². The summed E-state index contributed by atoms with van der Waals surface area (Å²) in [6, 6.07) is 4.98. The fourth-order valence-corrected chi connectivity index (χ4v) is 2.03. The molecule has 1 aliphatic carbocycles. The standard InChI is InChI=1S/C13H13ClFN3/c1-8-7-18(13(16-8)17-10-3-4-10)12-6-9(14)2-5-11(12)15/h2,5-7,10H,3-4H2,1H3,(H,16,17). The third-order valence-electron chi connectivity index (χ3n) is 2.90. The lowest BCUT2D eigenvalue weighted by molar-refractivity contribution is 0.618. The number of nitrogens with zero attached hydrogens (tertiary/aromatic N) is 2. The first-order chi connectivity index (χ1) is 8.63. The van der Waals surface area contributed by atoms with Gasteiger partial charge in [0, 0.05) is 17.3 Å². The number of hydrogen-bond acceptors (Lipinski definition) is 2. The molecule has 5 heteroatoms. The van der Waals surface area contributed by atoms with Crippen LogP contribution in [0.2, 0.25) is 5.02 Å². The van der Waals surface area contributed by atoms with E-state index in [9.17, 15) is 4.39 Å². The molecule has 0 saturated heterocycles. The largest absolute Gasteiger partial charge is 0.353 e. The minimum absolute atomic E-state index is 0.310. The number of aryl methyl sites for hydroxylation is 1. The van der Waals surface area contributed by atoms with Crippen molar-refractivity contribution in [2.45, 2.75) is 25.8 Å². The predicted molar refractivity (Wildman–Crippen MR) is 69.9 cm³/mol. The lowest BCUT2D eigenvalue weighted by atomic mass is 10.3. The van der Waals surface area contributed by atoms with Crippen molar-refractivity contribution in [2.75, 3.05) is 5.32 Å². The van der Waals surface area contributed by atoms with Crippen LogP contribution in [0, 0.1) is 12.7 Å². The number of anilines is 1. The quantitative estimate of drug-likeness (QED) is 0.920. The minimum Gasteiger partial charge on any atom is -0.353 e. The van der Waals surface area contributed by atoms with Crippen molar-refractivity contribution in [3.8, 4) is 5.69 Å². The van der Waals surface area contributed by atoms with Gasteiger partial charge in [0.05, 0.1) is 11.4 Å². The summed E-state index contributed by atoms with van der Waals surface area (Å²) < 4.78 is 15.6. The Labute approximate surface area is 110 Å². The average molecular weight is 266 g/mol. The van der Waals surface area contributed by atoms with Crippen LogP contribution < -0.4 is 5.32 Å². The SMILES string of the molecule is Cc1cn(-c2cc(Cl)ccc2F)c(NC2CC2)n1. The van der Waals surface area contributed by atoms with E-state index >= 15 is 0 Å². The molecular weight excluding hydrogens is 253 g/mol. The number of hydrogen-bond donors (Lipinski definition) is 1. The maximum absolute atomic E-state index is 13.9. The summed E-state index contributed by atoms with van der Waals surface area (Å²) in [4.78, 5) is 4.38. The van der Waals surface area contributed by atoms with Gasteiger partial charge in [-0.2, -0.15) is 0 Å². The highest BCUT2D eigenvalue weighted by Crippen LogP contribution is 2.27. The summed E-state index contributed by atoms with van der Waals surface area (Å²) in [5.41, 5.74) is 1.27. The summed E-state index contributed by atoms with van der Waals surface area (Å²) >= 11 is 5.92. The zero-order valence-corrected chi connectivity index (χ0v) is 10.7. The van der Waals surface area contributed by atoms with Crippen molar-refractivity contribution in [1.29, 1.82) is 0 Å². The van der Waals surface area contributed by atoms with E-state index < -0.39 is 0 Å². The highest BCUT2D eigenvalue weighted by molar-refractivity contribution is 6.30. The van der Waals surface area contributed by atoms with Crippen molar-refractivity contribution < 1.29 is 4.39 Å². The average Bonchev–Trinajstić information content (AvgIpc) is 3.05. The van der Waals surface area contributed by atoms with E-state index in [1.807, 2.05) is 6.92 Å². The first-order valence-electron chi connectivity index (χ1n) is 5.91. The molecule has 1 fully saturated rings. The van der Waals surface area contributed by atoms with Crippen LogP contribution >= 0.6 is 11.6 Å². The number of aromatic nitrogens is 2. The summed E-state index contributed by atoms with van der Waals surface area (Å²) in [7, 11) is 0. The highest BCUT2D eigenvalue weighted by Gasteiger charge is 2.23. The molecule has 3 rings (SSSR count). The number of rotatable bonds is 3. The van der Waals surface area contributed by atoms with E-state index in [1.165, 1.54) is 12.1 Å².